The van der Waals surface area contributed by atoms with Crippen molar-refractivity contribution in [2.45, 2.75) is 19.5 Å². The second kappa shape index (κ2) is 7.55. The van der Waals surface area contributed by atoms with E-state index in [-0.39, 0.29) is 5.91 Å². The van der Waals surface area contributed by atoms with E-state index in [1.54, 1.807) is 24.5 Å². The van der Waals surface area contributed by atoms with E-state index in [1.807, 2.05) is 48.5 Å². The molecule has 0 aliphatic rings. The third kappa shape index (κ3) is 4.07. The summed E-state index contributed by atoms with van der Waals surface area (Å²) in [6.07, 6.45) is 3.50. The molecule has 1 amide bonds. The Morgan fingerprint density at radius 2 is 1.67 bits per heavy atom. The van der Waals surface area contributed by atoms with Crippen molar-refractivity contribution in [3.8, 4) is 5.75 Å². The molecular formula is C19H19NO4. The predicted molar refractivity (Wildman–Crippen MR) is 88.4 cm³/mol. The molecule has 5 heteroatoms. The number of amides is 1. The van der Waals surface area contributed by atoms with E-state index >= 15 is 0 Å². The molecule has 0 aliphatic carbocycles. The molecule has 0 saturated heterocycles. The molecule has 0 aliphatic heterocycles. The van der Waals surface area contributed by atoms with Crippen molar-refractivity contribution < 1.29 is 18.4 Å². The van der Waals surface area contributed by atoms with Gasteiger partial charge >= 0.3 is 0 Å². The molecular weight excluding hydrogens is 306 g/mol. The number of benzene rings is 1. The quantitative estimate of drug-likeness (QED) is 0.665. The minimum absolute atomic E-state index is 0.00365. The first-order valence-electron chi connectivity index (χ1n) is 7.70. The Bertz CT molecular complexity index is 726. The fourth-order valence-corrected chi connectivity index (χ4v) is 2.48. The predicted octanol–water partition coefficient (Wildman–Crippen LogP) is 3.65. The number of hydrogen-bond acceptors (Lipinski definition) is 4. The topological polar surface area (TPSA) is 55.8 Å². The largest absolute Gasteiger partial charge is 0.497 e. The van der Waals surface area contributed by atoms with Gasteiger partial charge in [-0.05, 0) is 42.0 Å². The molecule has 1 aromatic carbocycles. The molecule has 0 saturated carbocycles. The van der Waals surface area contributed by atoms with Crippen LogP contribution in [0.2, 0.25) is 0 Å². The van der Waals surface area contributed by atoms with Crippen LogP contribution in [0.3, 0.4) is 0 Å². The zero-order valence-corrected chi connectivity index (χ0v) is 13.5. The minimum Gasteiger partial charge on any atom is -0.497 e. The standard InChI is InChI=1S/C19H19NO4/c1-22-16-6-2-5-15(11-16)12-19(21)20(13-17-7-3-9-23-17)14-18-8-4-10-24-18/h2-11H,12-14H2,1H3. The fraction of sp³-hybridized carbons (Fsp3) is 0.211. The van der Waals surface area contributed by atoms with Crippen molar-refractivity contribution in [3.05, 3.63) is 78.1 Å². The molecule has 0 fully saturated rings. The Labute approximate surface area is 140 Å². The van der Waals surface area contributed by atoms with Crippen LogP contribution in [-0.4, -0.2) is 17.9 Å². The second-order valence-electron chi connectivity index (χ2n) is 5.44. The van der Waals surface area contributed by atoms with Crippen LogP contribution >= 0.6 is 0 Å². The van der Waals surface area contributed by atoms with Crippen LogP contribution in [0.4, 0.5) is 0 Å². The van der Waals surface area contributed by atoms with Crippen molar-refractivity contribution in [1.82, 2.24) is 4.90 Å². The zero-order valence-electron chi connectivity index (χ0n) is 13.5. The monoisotopic (exact) mass is 325 g/mol. The maximum atomic E-state index is 12.8. The van der Waals surface area contributed by atoms with Gasteiger partial charge in [-0.15, -0.1) is 0 Å². The highest BCUT2D eigenvalue weighted by molar-refractivity contribution is 5.78. The van der Waals surface area contributed by atoms with Gasteiger partial charge in [0.05, 0.1) is 39.1 Å². The maximum Gasteiger partial charge on any atom is 0.227 e. The maximum absolute atomic E-state index is 12.8. The Morgan fingerprint density at radius 3 is 2.21 bits per heavy atom. The Hall–Kier alpha value is -2.95. The summed E-state index contributed by atoms with van der Waals surface area (Å²) in [6.45, 7) is 0.799. The molecule has 0 bridgehead atoms. The molecule has 3 rings (SSSR count). The molecule has 2 aromatic heterocycles. The summed E-state index contributed by atoms with van der Waals surface area (Å²) in [4.78, 5) is 14.5. The second-order valence-corrected chi connectivity index (χ2v) is 5.44. The zero-order chi connectivity index (χ0) is 16.8. The normalized spacial score (nSPS) is 10.5. The van der Waals surface area contributed by atoms with Crippen molar-refractivity contribution >= 4 is 5.91 Å². The number of carbonyl (C=O) groups is 1. The molecule has 0 unspecified atom stereocenters. The smallest absolute Gasteiger partial charge is 0.227 e. The number of carbonyl (C=O) groups excluding carboxylic acids is 1. The van der Waals surface area contributed by atoms with Gasteiger partial charge in [0.15, 0.2) is 0 Å². The van der Waals surface area contributed by atoms with E-state index in [0.717, 1.165) is 22.8 Å². The highest BCUT2D eigenvalue weighted by atomic mass is 16.5. The highest BCUT2D eigenvalue weighted by Crippen LogP contribution is 2.16. The Balaban J connectivity index is 1.74. The SMILES string of the molecule is COc1cccc(CC(=O)N(Cc2ccco2)Cc2ccco2)c1. The lowest BCUT2D eigenvalue weighted by molar-refractivity contribution is -0.132. The average molecular weight is 325 g/mol. The van der Waals surface area contributed by atoms with Gasteiger partial charge < -0.3 is 18.5 Å². The van der Waals surface area contributed by atoms with Crippen molar-refractivity contribution in [2.75, 3.05) is 7.11 Å². The number of nitrogens with zero attached hydrogens (tertiary/aromatic N) is 1. The van der Waals surface area contributed by atoms with E-state index in [4.69, 9.17) is 13.6 Å². The van der Waals surface area contributed by atoms with Crippen LogP contribution in [0.1, 0.15) is 17.1 Å². The molecule has 5 nitrogen and oxygen atoms in total. The number of ether oxygens (including phenoxy) is 1. The summed E-state index contributed by atoms with van der Waals surface area (Å²) in [7, 11) is 1.61. The molecule has 0 radical (unpaired) electrons. The molecule has 0 N–H and O–H groups in total. The Morgan fingerprint density at radius 1 is 1.00 bits per heavy atom. The molecule has 124 valence electrons. The summed E-state index contributed by atoms with van der Waals surface area (Å²) in [6, 6.07) is 14.9. The van der Waals surface area contributed by atoms with Crippen LogP contribution < -0.4 is 4.74 Å². The van der Waals surface area contributed by atoms with Gasteiger partial charge in [-0.2, -0.15) is 0 Å². The van der Waals surface area contributed by atoms with E-state index < -0.39 is 0 Å². The van der Waals surface area contributed by atoms with Gasteiger partial charge in [-0.1, -0.05) is 12.1 Å². The van der Waals surface area contributed by atoms with Crippen LogP contribution in [0.25, 0.3) is 0 Å². The highest BCUT2D eigenvalue weighted by Gasteiger charge is 2.17. The van der Waals surface area contributed by atoms with Gasteiger partial charge in [-0.25, -0.2) is 0 Å². The van der Waals surface area contributed by atoms with E-state index in [1.165, 1.54) is 0 Å². The molecule has 0 atom stereocenters. The van der Waals surface area contributed by atoms with E-state index in [2.05, 4.69) is 0 Å². The number of hydrogen-bond donors (Lipinski definition) is 0. The fourth-order valence-electron chi connectivity index (χ4n) is 2.48. The summed E-state index contributed by atoms with van der Waals surface area (Å²) < 4.78 is 16.0. The van der Waals surface area contributed by atoms with Crippen LogP contribution in [0.5, 0.6) is 5.75 Å². The first kappa shape index (κ1) is 15.9. The van der Waals surface area contributed by atoms with Gasteiger partial charge in [0.25, 0.3) is 0 Å². The van der Waals surface area contributed by atoms with Crippen LogP contribution in [-0.2, 0) is 24.3 Å². The van der Waals surface area contributed by atoms with E-state index in [0.29, 0.717) is 19.5 Å². The van der Waals surface area contributed by atoms with Crippen molar-refractivity contribution in [3.63, 3.8) is 0 Å². The lowest BCUT2D eigenvalue weighted by Gasteiger charge is -2.21. The summed E-state index contributed by atoms with van der Waals surface area (Å²) in [5, 5.41) is 0. The number of furan rings is 2. The average Bonchev–Trinajstić information content (AvgIpc) is 3.28. The number of rotatable bonds is 7. The summed E-state index contributed by atoms with van der Waals surface area (Å²) >= 11 is 0. The number of methoxy groups -OCH3 is 1. The molecule has 3 aromatic rings. The van der Waals surface area contributed by atoms with Crippen molar-refractivity contribution in [2.24, 2.45) is 0 Å². The van der Waals surface area contributed by atoms with Crippen LogP contribution in [0.15, 0.2) is 69.9 Å². The third-order valence-corrected chi connectivity index (χ3v) is 3.70. The molecule has 0 spiro atoms. The molecule has 24 heavy (non-hydrogen) atoms. The van der Waals surface area contributed by atoms with Crippen LogP contribution in [0, 0.1) is 0 Å². The first-order chi connectivity index (χ1) is 11.7. The van der Waals surface area contributed by atoms with Gasteiger partial charge in [0.1, 0.15) is 17.3 Å². The van der Waals surface area contributed by atoms with Gasteiger partial charge in [0.2, 0.25) is 5.91 Å². The minimum atomic E-state index is -0.00365. The summed E-state index contributed by atoms with van der Waals surface area (Å²) in [5.74, 6) is 2.21. The third-order valence-electron chi connectivity index (χ3n) is 3.70. The molecule has 2 heterocycles. The lowest BCUT2D eigenvalue weighted by Crippen LogP contribution is -2.31. The van der Waals surface area contributed by atoms with Gasteiger partial charge in [-0.3, -0.25) is 4.79 Å². The van der Waals surface area contributed by atoms with Gasteiger partial charge in [0, 0.05) is 0 Å². The Kier molecular flexibility index (Phi) is 5.01. The lowest BCUT2D eigenvalue weighted by atomic mass is 10.1. The van der Waals surface area contributed by atoms with Crippen molar-refractivity contribution in [1.29, 1.82) is 0 Å². The first-order valence-corrected chi connectivity index (χ1v) is 7.70. The summed E-state index contributed by atoms with van der Waals surface area (Å²) in [5.41, 5.74) is 0.906. The van der Waals surface area contributed by atoms with E-state index in [9.17, 15) is 4.79 Å².